The highest BCUT2D eigenvalue weighted by atomic mass is 35.5. The van der Waals surface area contributed by atoms with Crippen molar-refractivity contribution in [1.29, 1.82) is 5.26 Å². The Morgan fingerprint density at radius 3 is 2.21 bits per heavy atom. The monoisotopic (exact) mass is 434 g/mol. The van der Waals surface area contributed by atoms with E-state index in [1.165, 1.54) is 0 Å². The van der Waals surface area contributed by atoms with Crippen molar-refractivity contribution < 1.29 is 13.2 Å². The number of hydrogen-bond donors (Lipinski definition) is 1. The molecule has 2 N–H and O–H groups in total. The van der Waals surface area contributed by atoms with Gasteiger partial charge < -0.3 is 5.73 Å². The number of anilines is 1. The molecular formula is C12H5Cl4F3N4S. The maximum Gasteiger partial charge on any atom is 0.416 e. The van der Waals surface area contributed by atoms with Crippen molar-refractivity contribution in [3.8, 4) is 11.8 Å². The van der Waals surface area contributed by atoms with E-state index in [9.17, 15) is 13.2 Å². The minimum Gasteiger partial charge on any atom is -0.383 e. The van der Waals surface area contributed by atoms with Gasteiger partial charge in [-0.2, -0.15) is 23.5 Å². The van der Waals surface area contributed by atoms with Gasteiger partial charge in [-0.05, 0) is 12.1 Å². The molecule has 0 unspecified atom stereocenters. The van der Waals surface area contributed by atoms with Gasteiger partial charge in [0.25, 0.3) is 0 Å². The van der Waals surface area contributed by atoms with Crippen LogP contribution in [0.5, 0.6) is 0 Å². The van der Waals surface area contributed by atoms with Gasteiger partial charge in [0.05, 0.1) is 20.5 Å². The van der Waals surface area contributed by atoms with Crippen molar-refractivity contribution in [3.63, 3.8) is 0 Å². The molecule has 0 aliphatic carbocycles. The van der Waals surface area contributed by atoms with Crippen LogP contribution < -0.4 is 5.73 Å². The number of alkyl halides is 5. The van der Waals surface area contributed by atoms with Crippen molar-refractivity contribution in [1.82, 2.24) is 9.78 Å². The molecule has 0 amide bonds. The van der Waals surface area contributed by atoms with Crippen LogP contribution in [0.25, 0.3) is 5.69 Å². The van der Waals surface area contributed by atoms with Gasteiger partial charge in [0.1, 0.15) is 17.6 Å². The molecule has 2 rings (SSSR count). The van der Waals surface area contributed by atoms with Crippen molar-refractivity contribution in [2.75, 3.05) is 5.73 Å². The number of benzene rings is 1. The molecule has 0 fully saturated rings. The molecule has 0 aliphatic heterocycles. The average molecular weight is 436 g/mol. The molecule has 0 aliphatic rings. The molecule has 1 heterocycles. The molecule has 4 nitrogen and oxygen atoms in total. The first kappa shape index (κ1) is 19.3. The zero-order chi connectivity index (χ0) is 18.2. The van der Waals surface area contributed by atoms with Gasteiger partial charge >= 0.3 is 6.18 Å². The molecule has 0 radical (unpaired) electrons. The first-order valence-electron chi connectivity index (χ1n) is 5.86. The molecule has 12 heteroatoms. The largest absolute Gasteiger partial charge is 0.416 e. The summed E-state index contributed by atoms with van der Waals surface area (Å²) < 4.78 is 38.4. The van der Waals surface area contributed by atoms with Gasteiger partial charge in [0, 0.05) is 0 Å². The first-order valence-corrected chi connectivity index (χ1v) is 8.37. The number of hydrogen-bond acceptors (Lipinski definition) is 4. The van der Waals surface area contributed by atoms with Crippen molar-refractivity contribution in [2.45, 2.75) is 15.2 Å². The lowest BCUT2D eigenvalue weighted by molar-refractivity contribution is -0.137. The number of aromatic nitrogens is 2. The van der Waals surface area contributed by atoms with Crippen LogP contribution in [0.4, 0.5) is 19.0 Å². The summed E-state index contributed by atoms with van der Waals surface area (Å²) >= 11 is 24.0. The van der Waals surface area contributed by atoms with E-state index in [4.69, 9.17) is 57.4 Å². The molecule has 128 valence electrons. The fourth-order valence-electron chi connectivity index (χ4n) is 1.80. The second kappa shape index (κ2) is 7.10. The fourth-order valence-corrected chi connectivity index (χ4v) is 3.56. The van der Waals surface area contributed by atoms with E-state index in [1.807, 2.05) is 0 Å². The Bertz CT molecular complexity index is 806. The smallest absolute Gasteiger partial charge is 0.383 e. The summed E-state index contributed by atoms with van der Waals surface area (Å²) in [6.07, 6.45) is -4.62. The third-order valence-corrected chi connectivity index (χ3v) is 4.67. The lowest BCUT2D eigenvalue weighted by Crippen LogP contribution is -2.08. The lowest BCUT2D eigenvalue weighted by atomic mass is 10.2. The Labute approximate surface area is 158 Å². The summed E-state index contributed by atoms with van der Waals surface area (Å²) in [7, 11) is 0. The van der Waals surface area contributed by atoms with Crippen LogP contribution in [0.2, 0.25) is 10.0 Å². The topological polar surface area (TPSA) is 67.6 Å². The third-order valence-electron chi connectivity index (χ3n) is 2.74. The van der Waals surface area contributed by atoms with Crippen LogP contribution in [0, 0.1) is 11.3 Å². The number of rotatable bonds is 3. The maximum absolute atomic E-state index is 12.8. The molecule has 0 spiro atoms. The Kier molecular flexibility index (Phi) is 5.72. The Balaban J connectivity index is 2.66. The Morgan fingerprint density at radius 1 is 1.25 bits per heavy atom. The van der Waals surface area contributed by atoms with Gasteiger partial charge in [-0.15, -0.1) is 0 Å². The van der Waals surface area contributed by atoms with Crippen LogP contribution in [-0.4, -0.2) is 13.9 Å². The van der Waals surface area contributed by atoms with Gasteiger partial charge in [0.15, 0.2) is 9.86 Å². The third kappa shape index (κ3) is 3.81. The molecular weight excluding hydrogens is 431 g/mol. The van der Waals surface area contributed by atoms with Crippen molar-refractivity contribution >= 4 is 64.0 Å². The number of halogens is 7. The standard InChI is InChI=1S/C12H5Cl4F3N4S/c13-5-1-4(12(17,18)19)2-6(14)8(5)23-10(21)9(24-11(15)16)7(3-20)22-23/h1-2,11H,21H2. The molecule has 1 aromatic carbocycles. The highest BCUT2D eigenvalue weighted by Crippen LogP contribution is 2.41. The quantitative estimate of drug-likeness (QED) is 0.510. The van der Waals surface area contributed by atoms with E-state index < -0.39 is 15.9 Å². The second-order valence-corrected chi connectivity index (χ2v) is 7.79. The predicted octanol–water partition coefficient (Wildman–Crippen LogP) is 5.51. The van der Waals surface area contributed by atoms with Crippen LogP contribution >= 0.6 is 58.2 Å². The van der Waals surface area contributed by atoms with Gasteiger partial charge in [0.2, 0.25) is 0 Å². The van der Waals surface area contributed by atoms with Gasteiger partial charge in [-0.25, -0.2) is 4.68 Å². The lowest BCUT2D eigenvalue weighted by Gasteiger charge is -2.13. The fraction of sp³-hybridized carbons (Fsp3) is 0.167. The minimum absolute atomic E-state index is 0.0774. The van der Waals surface area contributed by atoms with Gasteiger partial charge in [-0.1, -0.05) is 58.2 Å². The van der Waals surface area contributed by atoms with E-state index in [-0.39, 0.29) is 32.1 Å². The van der Waals surface area contributed by atoms with Crippen LogP contribution in [0.15, 0.2) is 17.0 Å². The van der Waals surface area contributed by atoms with Crippen molar-refractivity contribution in [3.05, 3.63) is 33.4 Å². The highest BCUT2D eigenvalue weighted by Gasteiger charge is 2.33. The normalized spacial score (nSPS) is 11.8. The molecule has 0 saturated carbocycles. The molecule has 1 aromatic heterocycles. The van der Waals surface area contributed by atoms with E-state index >= 15 is 0 Å². The van der Waals surface area contributed by atoms with Crippen LogP contribution in [0.3, 0.4) is 0 Å². The number of nitrogen functional groups attached to an aromatic ring is 1. The van der Waals surface area contributed by atoms with E-state index in [1.54, 1.807) is 6.07 Å². The predicted molar refractivity (Wildman–Crippen MR) is 89.1 cm³/mol. The SMILES string of the molecule is N#Cc1nn(-c2c(Cl)cc(C(F)(F)F)cc2Cl)c(N)c1SC(Cl)Cl. The number of thioether (sulfide) groups is 1. The molecule has 0 saturated heterocycles. The van der Waals surface area contributed by atoms with Crippen molar-refractivity contribution in [2.24, 2.45) is 0 Å². The summed E-state index contributed by atoms with van der Waals surface area (Å²) in [6, 6.07) is 3.17. The molecule has 0 bridgehead atoms. The summed E-state index contributed by atoms with van der Waals surface area (Å²) in [5.74, 6) is -0.0774. The van der Waals surface area contributed by atoms with E-state index in [2.05, 4.69) is 5.10 Å². The summed E-state index contributed by atoms with van der Waals surface area (Å²) in [5, 5.41) is 12.3. The first-order chi connectivity index (χ1) is 11.1. The van der Waals surface area contributed by atoms with Gasteiger partial charge in [-0.3, -0.25) is 0 Å². The number of nitrogens with zero attached hydrogens (tertiary/aromatic N) is 3. The maximum atomic E-state index is 12.8. The Morgan fingerprint density at radius 2 is 1.79 bits per heavy atom. The number of nitrogens with two attached hydrogens (primary N) is 1. The Hall–Kier alpha value is -0.980. The minimum atomic E-state index is -4.62. The summed E-state index contributed by atoms with van der Waals surface area (Å²) in [6.45, 7) is 0. The zero-order valence-corrected chi connectivity index (χ0v) is 15.0. The zero-order valence-electron chi connectivity index (χ0n) is 11.2. The summed E-state index contributed by atoms with van der Waals surface area (Å²) in [5.41, 5.74) is 4.66. The summed E-state index contributed by atoms with van der Waals surface area (Å²) in [4.78, 5) is 0.166. The van der Waals surface area contributed by atoms with Crippen LogP contribution in [0.1, 0.15) is 11.3 Å². The molecule has 24 heavy (non-hydrogen) atoms. The number of nitriles is 1. The molecule has 2 aromatic rings. The highest BCUT2D eigenvalue weighted by molar-refractivity contribution is 8.02. The van der Waals surface area contributed by atoms with E-state index in [0.29, 0.717) is 12.1 Å². The van der Waals surface area contributed by atoms with E-state index in [0.717, 1.165) is 16.4 Å². The average Bonchev–Trinajstić information content (AvgIpc) is 2.74. The second-order valence-electron chi connectivity index (χ2n) is 4.25. The van der Waals surface area contributed by atoms with Crippen LogP contribution in [-0.2, 0) is 6.18 Å². The molecule has 0 atom stereocenters.